The summed E-state index contributed by atoms with van der Waals surface area (Å²) in [6, 6.07) is 7.25. The van der Waals surface area contributed by atoms with Crippen molar-refractivity contribution in [2.45, 2.75) is 0 Å². The number of nitrogens with zero attached hydrogens (tertiary/aromatic N) is 1. The maximum atomic E-state index is 13.2. The molecule has 1 heterocycles. The predicted octanol–water partition coefficient (Wildman–Crippen LogP) is 3.52. The summed E-state index contributed by atoms with van der Waals surface area (Å²) in [5.41, 5.74) is 0.803. The van der Waals surface area contributed by atoms with Crippen molar-refractivity contribution in [2.24, 2.45) is 0 Å². The van der Waals surface area contributed by atoms with Crippen LogP contribution in [0.15, 0.2) is 41.0 Å². The van der Waals surface area contributed by atoms with E-state index in [4.69, 9.17) is 0 Å². The molecule has 2 rings (SSSR count). The third kappa shape index (κ3) is 2.89. The second kappa shape index (κ2) is 5.07. The van der Waals surface area contributed by atoms with Crippen LogP contribution in [-0.4, -0.2) is 4.98 Å². The van der Waals surface area contributed by atoms with E-state index in [0.29, 0.717) is 5.69 Å². The van der Waals surface area contributed by atoms with Crippen LogP contribution in [0.25, 0.3) is 0 Å². The molecule has 0 radical (unpaired) electrons. The molecule has 0 saturated heterocycles. The third-order valence-corrected chi connectivity index (χ3v) is 2.79. The summed E-state index contributed by atoms with van der Waals surface area (Å²) in [4.78, 5) is 3.99. The minimum atomic E-state index is -0.671. The number of pyridine rings is 1. The molecular weight excluding hydrogens is 288 g/mol. The van der Waals surface area contributed by atoms with Crippen LogP contribution < -0.4 is 0 Å². The maximum Gasteiger partial charge on any atom is 0.141 e. The highest BCUT2D eigenvalue weighted by molar-refractivity contribution is 9.10. The summed E-state index contributed by atoms with van der Waals surface area (Å²) in [5, 5.41) is 0. The van der Waals surface area contributed by atoms with E-state index in [1.807, 2.05) is 0 Å². The van der Waals surface area contributed by atoms with Crippen molar-refractivity contribution in [1.29, 1.82) is 0 Å². The van der Waals surface area contributed by atoms with Gasteiger partial charge < -0.3 is 0 Å². The third-order valence-electron chi connectivity index (χ3n) is 1.98. The van der Waals surface area contributed by atoms with Gasteiger partial charge in [-0.05, 0) is 40.0 Å². The highest BCUT2D eigenvalue weighted by Crippen LogP contribution is 2.21. The lowest BCUT2D eigenvalue weighted by molar-refractivity contribution is 0.578. The van der Waals surface area contributed by atoms with Gasteiger partial charge in [0.05, 0.1) is 4.47 Å². The molecule has 1 nitrogen and oxygen atoms in total. The molecule has 0 bridgehead atoms. The van der Waals surface area contributed by atoms with Crippen LogP contribution in [0.1, 0.15) is 11.3 Å². The second-order valence-electron chi connectivity index (χ2n) is 3.21. The summed E-state index contributed by atoms with van der Waals surface area (Å²) >= 11 is 3.02. The highest BCUT2D eigenvalue weighted by Gasteiger charge is 2.06. The van der Waals surface area contributed by atoms with Gasteiger partial charge in [0.2, 0.25) is 0 Å². The number of rotatable bonds is 0. The number of hydrogen-bond donors (Lipinski definition) is 0. The van der Waals surface area contributed by atoms with Gasteiger partial charge in [-0.3, -0.25) is 0 Å². The minimum absolute atomic E-state index is 0.155. The molecule has 0 saturated carbocycles. The predicted molar refractivity (Wildman–Crippen MR) is 64.3 cm³/mol. The summed E-state index contributed by atoms with van der Waals surface area (Å²) in [5.74, 6) is 4.08. The lowest BCUT2D eigenvalue weighted by Gasteiger charge is -1.98. The standard InChI is InChI=1S/C13H6BrF2N/c14-13-9(7-10(15)8-12(13)16)4-5-11-3-1-2-6-17-11/h1-3,6-8H. The molecule has 0 aliphatic carbocycles. The first-order chi connectivity index (χ1) is 8.16. The molecule has 1 aromatic heterocycles. The maximum absolute atomic E-state index is 13.2. The molecule has 0 fully saturated rings. The zero-order valence-corrected chi connectivity index (χ0v) is 10.1. The van der Waals surface area contributed by atoms with E-state index >= 15 is 0 Å². The molecule has 0 aliphatic heterocycles. The number of benzene rings is 1. The molecule has 0 amide bonds. The van der Waals surface area contributed by atoms with Crippen molar-refractivity contribution in [3.8, 4) is 11.8 Å². The van der Waals surface area contributed by atoms with Crippen molar-refractivity contribution in [1.82, 2.24) is 4.98 Å². The Labute approximate surface area is 106 Å². The summed E-state index contributed by atoms with van der Waals surface area (Å²) < 4.78 is 26.3. The van der Waals surface area contributed by atoms with Gasteiger partial charge in [0.1, 0.15) is 17.3 Å². The van der Waals surface area contributed by atoms with Gasteiger partial charge in [-0.1, -0.05) is 12.0 Å². The van der Waals surface area contributed by atoms with Crippen LogP contribution >= 0.6 is 15.9 Å². The Bertz CT molecular complexity index is 600. The largest absolute Gasteiger partial charge is 0.248 e. The topological polar surface area (TPSA) is 12.9 Å². The van der Waals surface area contributed by atoms with Gasteiger partial charge in [-0.2, -0.15) is 0 Å². The summed E-state index contributed by atoms with van der Waals surface area (Å²) in [7, 11) is 0. The Balaban J connectivity index is 2.41. The molecule has 0 spiro atoms. The van der Waals surface area contributed by atoms with Gasteiger partial charge in [0, 0.05) is 17.8 Å². The van der Waals surface area contributed by atoms with Gasteiger partial charge >= 0.3 is 0 Å². The zero-order chi connectivity index (χ0) is 12.3. The highest BCUT2D eigenvalue weighted by atomic mass is 79.9. The molecule has 1 aromatic carbocycles. The van der Waals surface area contributed by atoms with Crippen LogP contribution in [0.2, 0.25) is 0 Å². The van der Waals surface area contributed by atoms with Crippen molar-refractivity contribution in [3.05, 3.63) is 63.9 Å². The van der Waals surface area contributed by atoms with E-state index in [1.165, 1.54) is 6.07 Å². The minimum Gasteiger partial charge on any atom is -0.248 e. The molecular formula is C13H6BrF2N. The molecule has 0 atom stereocenters. The van der Waals surface area contributed by atoms with Crippen molar-refractivity contribution >= 4 is 15.9 Å². The Kier molecular flexibility index (Phi) is 3.50. The summed E-state index contributed by atoms with van der Waals surface area (Å²) in [6.45, 7) is 0. The zero-order valence-electron chi connectivity index (χ0n) is 8.55. The SMILES string of the molecule is Fc1cc(F)c(Br)c(C#Cc2ccccn2)c1. The quantitative estimate of drug-likeness (QED) is 0.535. The van der Waals surface area contributed by atoms with Gasteiger partial charge in [0.25, 0.3) is 0 Å². The fourth-order valence-electron chi connectivity index (χ4n) is 1.22. The van der Waals surface area contributed by atoms with Crippen molar-refractivity contribution < 1.29 is 8.78 Å². The Morgan fingerprint density at radius 2 is 1.94 bits per heavy atom. The first-order valence-electron chi connectivity index (χ1n) is 4.74. The van der Waals surface area contributed by atoms with E-state index < -0.39 is 11.6 Å². The van der Waals surface area contributed by atoms with Crippen molar-refractivity contribution in [3.63, 3.8) is 0 Å². The fourth-order valence-corrected chi connectivity index (χ4v) is 1.54. The average molecular weight is 294 g/mol. The van der Waals surface area contributed by atoms with E-state index in [1.54, 1.807) is 24.4 Å². The van der Waals surface area contributed by atoms with Crippen LogP contribution in [0, 0.1) is 23.5 Å². The van der Waals surface area contributed by atoms with Crippen LogP contribution in [0.5, 0.6) is 0 Å². The first-order valence-corrected chi connectivity index (χ1v) is 5.54. The van der Waals surface area contributed by atoms with E-state index in [9.17, 15) is 8.78 Å². The van der Waals surface area contributed by atoms with E-state index in [2.05, 4.69) is 32.8 Å². The average Bonchev–Trinajstić information content (AvgIpc) is 2.33. The van der Waals surface area contributed by atoms with Gasteiger partial charge in [-0.25, -0.2) is 13.8 Å². The molecule has 2 aromatic rings. The second-order valence-corrected chi connectivity index (χ2v) is 4.01. The number of hydrogen-bond acceptors (Lipinski definition) is 1. The van der Waals surface area contributed by atoms with Gasteiger partial charge in [-0.15, -0.1) is 0 Å². The molecule has 0 aliphatic rings. The number of aromatic nitrogens is 1. The smallest absolute Gasteiger partial charge is 0.141 e. The Hall–Kier alpha value is -1.73. The molecule has 4 heteroatoms. The molecule has 17 heavy (non-hydrogen) atoms. The fraction of sp³-hybridized carbons (Fsp3) is 0. The molecule has 0 N–H and O–H groups in total. The van der Waals surface area contributed by atoms with Gasteiger partial charge in [0.15, 0.2) is 0 Å². The summed E-state index contributed by atoms with van der Waals surface area (Å²) in [6.07, 6.45) is 1.60. The van der Waals surface area contributed by atoms with Crippen LogP contribution in [0.4, 0.5) is 8.78 Å². The van der Waals surface area contributed by atoms with E-state index in [-0.39, 0.29) is 10.0 Å². The van der Waals surface area contributed by atoms with Crippen LogP contribution in [-0.2, 0) is 0 Å². The normalized spacial score (nSPS) is 9.59. The molecule has 84 valence electrons. The van der Waals surface area contributed by atoms with Crippen molar-refractivity contribution in [2.75, 3.05) is 0 Å². The molecule has 0 unspecified atom stereocenters. The number of halogens is 3. The Morgan fingerprint density at radius 1 is 1.12 bits per heavy atom. The lowest BCUT2D eigenvalue weighted by atomic mass is 10.2. The lowest BCUT2D eigenvalue weighted by Crippen LogP contribution is -1.87. The van der Waals surface area contributed by atoms with Crippen LogP contribution in [0.3, 0.4) is 0 Å². The van der Waals surface area contributed by atoms with E-state index in [0.717, 1.165) is 6.07 Å². The first kappa shape index (κ1) is 11.7. The monoisotopic (exact) mass is 293 g/mol. The Morgan fingerprint density at radius 3 is 2.65 bits per heavy atom.